The lowest BCUT2D eigenvalue weighted by Gasteiger charge is -2.30. The summed E-state index contributed by atoms with van der Waals surface area (Å²) < 4.78 is 17.7. The molecule has 1 aliphatic rings. The van der Waals surface area contributed by atoms with Crippen LogP contribution in [0.5, 0.6) is 5.75 Å². The Morgan fingerprint density at radius 1 is 1.24 bits per heavy atom. The van der Waals surface area contributed by atoms with Crippen molar-refractivity contribution >= 4 is 23.1 Å². The van der Waals surface area contributed by atoms with Crippen LogP contribution in [0.25, 0.3) is 5.65 Å². The number of amides is 1. The second kappa shape index (κ2) is 9.19. The Kier molecular flexibility index (Phi) is 6.20. The molecule has 0 saturated carbocycles. The van der Waals surface area contributed by atoms with Gasteiger partial charge in [-0.1, -0.05) is 0 Å². The number of hydrogen-bond donors (Lipinski definition) is 0. The zero-order chi connectivity index (χ0) is 20.1. The summed E-state index contributed by atoms with van der Waals surface area (Å²) in [5.41, 5.74) is 4.44. The van der Waals surface area contributed by atoms with Crippen LogP contribution < -0.4 is 4.74 Å². The van der Waals surface area contributed by atoms with Crippen LogP contribution in [0.15, 0.2) is 29.5 Å². The molecule has 29 heavy (non-hydrogen) atoms. The summed E-state index contributed by atoms with van der Waals surface area (Å²) in [7, 11) is 1.64. The van der Waals surface area contributed by atoms with Gasteiger partial charge >= 0.3 is 6.09 Å². The van der Waals surface area contributed by atoms with E-state index in [2.05, 4.69) is 15.1 Å². The molecule has 0 atom stereocenters. The van der Waals surface area contributed by atoms with Crippen LogP contribution in [0.4, 0.5) is 4.79 Å². The zero-order valence-electron chi connectivity index (χ0n) is 16.2. The first-order valence-electron chi connectivity index (χ1n) is 9.48. The molecular weight excluding hydrogens is 394 g/mol. The summed E-state index contributed by atoms with van der Waals surface area (Å²) in [4.78, 5) is 22.7. The molecular formula is C19H23N5O4S. The number of aromatic nitrogens is 4. The van der Waals surface area contributed by atoms with Crippen LogP contribution in [0.1, 0.15) is 30.0 Å². The third kappa shape index (κ3) is 4.65. The molecule has 0 spiro atoms. The van der Waals surface area contributed by atoms with Crippen molar-refractivity contribution in [3.63, 3.8) is 0 Å². The average Bonchev–Trinajstić information content (AvgIpc) is 3.42. The van der Waals surface area contributed by atoms with Crippen LogP contribution in [-0.4, -0.2) is 64.0 Å². The summed E-state index contributed by atoms with van der Waals surface area (Å²) in [6.45, 7) is 2.50. The van der Waals surface area contributed by atoms with Crippen LogP contribution in [0.3, 0.4) is 0 Å². The van der Waals surface area contributed by atoms with Gasteiger partial charge in [0.2, 0.25) is 0 Å². The van der Waals surface area contributed by atoms with Gasteiger partial charge in [-0.3, -0.25) is 0 Å². The first-order valence-corrected chi connectivity index (χ1v) is 10.4. The van der Waals surface area contributed by atoms with Gasteiger partial charge in [0.25, 0.3) is 0 Å². The van der Waals surface area contributed by atoms with Gasteiger partial charge in [0, 0.05) is 31.1 Å². The minimum Gasteiger partial charge on any atom is -0.488 e. The Balaban J connectivity index is 1.33. The maximum absolute atomic E-state index is 12.3. The molecule has 0 bridgehead atoms. The number of methoxy groups -OCH3 is 1. The standard InChI is InChI=1S/C19H23N5O4S/c1-26-6-7-27-16-8-20-18-17(9-22-24(18)10-16)14-2-4-23(5-3-14)19(25)28-11-15-12-29-13-21-15/h8-10,12-14H,2-7,11H2,1H3. The summed E-state index contributed by atoms with van der Waals surface area (Å²) in [5, 5.41) is 6.31. The molecule has 1 aliphatic heterocycles. The monoisotopic (exact) mass is 417 g/mol. The number of thiazole rings is 1. The van der Waals surface area contributed by atoms with Crippen molar-refractivity contribution < 1.29 is 19.0 Å². The van der Waals surface area contributed by atoms with E-state index in [1.165, 1.54) is 11.3 Å². The highest BCUT2D eigenvalue weighted by Crippen LogP contribution is 2.31. The highest BCUT2D eigenvalue weighted by molar-refractivity contribution is 7.07. The van der Waals surface area contributed by atoms with E-state index in [1.807, 2.05) is 17.8 Å². The van der Waals surface area contributed by atoms with E-state index in [0.29, 0.717) is 38.0 Å². The van der Waals surface area contributed by atoms with Gasteiger partial charge in [0.15, 0.2) is 11.4 Å². The lowest BCUT2D eigenvalue weighted by atomic mass is 9.91. The van der Waals surface area contributed by atoms with Crippen LogP contribution in [0.2, 0.25) is 0 Å². The summed E-state index contributed by atoms with van der Waals surface area (Å²) in [5.74, 6) is 0.963. The molecule has 154 valence electrons. The predicted molar refractivity (Wildman–Crippen MR) is 106 cm³/mol. The maximum atomic E-state index is 12.3. The minimum atomic E-state index is -0.285. The molecule has 3 aromatic heterocycles. The van der Waals surface area contributed by atoms with E-state index in [-0.39, 0.29) is 12.7 Å². The fourth-order valence-electron chi connectivity index (χ4n) is 3.39. The lowest BCUT2D eigenvalue weighted by Crippen LogP contribution is -2.38. The van der Waals surface area contributed by atoms with Crippen molar-refractivity contribution in [1.82, 2.24) is 24.5 Å². The second-order valence-corrected chi connectivity index (χ2v) is 7.51. The molecule has 0 N–H and O–H groups in total. The molecule has 1 saturated heterocycles. The number of ether oxygens (including phenoxy) is 3. The maximum Gasteiger partial charge on any atom is 0.410 e. The Bertz CT molecular complexity index is 937. The normalized spacial score (nSPS) is 15.0. The number of likely N-dealkylation sites (tertiary alicyclic amines) is 1. The first kappa shape index (κ1) is 19.6. The van der Waals surface area contributed by atoms with E-state index in [0.717, 1.165) is 29.7 Å². The molecule has 9 nitrogen and oxygen atoms in total. The largest absolute Gasteiger partial charge is 0.488 e. The smallest absolute Gasteiger partial charge is 0.410 e. The van der Waals surface area contributed by atoms with Crippen molar-refractivity contribution in [2.45, 2.75) is 25.4 Å². The number of piperidine rings is 1. The van der Waals surface area contributed by atoms with Crippen molar-refractivity contribution in [3.05, 3.63) is 40.7 Å². The summed E-state index contributed by atoms with van der Waals surface area (Å²) in [6, 6.07) is 0. The molecule has 0 aromatic carbocycles. The SMILES string of the molecule is COCCOc1cnc2c(C3CCN(C(=O)OCc4cscn4)CC3)cnn2c1. The first-order chi connectivity index (χ1) is 14.2. The Morgan fingerprint density at radius 2 is 2.10 bits per heavy atom. The highest BCUT2D eigenvalue weighted by atomic mass is 32.1. The van der Waals surface area contributed by atoms with Crippen molar-refractivity contribution in [3.8, 4) is 5.75 Å². The number of nitrogens with zero attached hydrogens (tertiary/aromatic N) is 5. The van der Waals surface area contributed by atoms with E-state index in [4.69, 9.17) is 14.2 Å². The molecule has 10 heteroatoms. The molecule has 0 aliphatic carbocycles. The van der Waals surface area contributed by atoms with Gasteiger partial charge in [0.1, 0.15) is 13.2 Å². The highest BCUT2D eigenvalue weighted by Gasteiger charge is 2.27. The molecule has 1 fully saturated rings. The van der Waals surface area contributed by atoms with Crippen LogP contribution >= 0.6 is 11.3 Å². The molecule has 1 amide bonds. The lowest BCUT2D eigenvalue weighted by molar-refractivity contribution is 0.0862. The van der Waals surface area contributed by atoms with Crippen LogP contribution in [-0.2, 0) is 16.1 Å². The zero-order valence-corrected chi connectivity index (χ0v) is 17.0. The van der Waals surface area contributed by atoms with Crippen molar-refractivity contribution in [2.24, 2.45) is 0 Å². The number of carbonyl (C=O) groups is 1. The molecule has 3 aromatic rings. The van der Waals surface area contributed by atoms with E-state index < -0.39 is 0 Å². The fourth-order valence-corrected chi connectivity index (χ4v) is 3.93. The quantitative estimate of drug-likeness (QED) is 0.546. The molecule has 0 unspecified atom stereocenters. The van der Waals surface area contributed by atoms with Gasteiger partial charge in [-0.15, -0.1) is 11.3 Å². The number of rotatable bonds is 7. The van der Waals surface area contributed by atoms with Crippen molar-refractivity contribution in [1.29, 1.82) is 0 Å². The van der Waals surface area contributed by atoms with Gasteiger partial charge in [-0.2, -0.15) is 5.10 Å². The van der Waals surface area contributed by atoms with E-state index in [1.54, 1.807) is 28.2 Å². The number of hydrogen-bond acceptors (Lipinski definition) is 8. The van der Waals surface area contributed by atoms with Crippen LogP contribution in [0, 0.1) is 0 Å². The third-order valence-electron chi connectivity index (χ3n) is 4.94. The second-order valence-electron chi connectivity index (χ2n) is 6.79. The van der Waals surface area contributed by atoms with E-state index in [9.17, 15) is 4.79 Å². The Morgan fingerprint density at radius 3 is 2.86 bits per heavy atom. The van der Waals surface area contributed by atoms with Gasteiger partial charge < -0.3 is 19.1 Å². The summed E-state index contributed by atoms with van der Waals surface area (Å²) in [6.07, 6.45) is 6.81. The Labute approximate surface area is 172 Å². The third-order valence-corrected chi connectivity index (χ3v) is 5.57. The van der Waals surface area contributed by atoms with Crippen molar-refractivity contribution in [2.75, 3.05) is 33.4 Å². The minimum absolute atomic E-state index is 0.217. The topological polar surface area (TPSA) is 91.1 Å². The molecule has 4 rings (SSSR count). The number of fused-ring (bicyclic) bond motifs is 1. The fraction of sp³-hybridized carbons (Fsp3) is 0.474. The predicted octanol–water partition coefficient (Wildman–Crippen LogP) is 2.73. The molecule has 4 heterocycles. The Hall–Kier alpha value is -2.72. The van der Waals surface area contributed by atoms with E-state index >= 15 is 0 Å². The van der Waals surface area contributed by atoms with Gasteiger partial charge in [-0.25, -0.2) is 19.3 Å². The average molecular weight is 417 g/mol. The summed E-state index contributed by atoms with van der Waals surface area (Å²) >= 11 is 1.49. The van der Waals surface area contributed by atoms with Gasteiger partial charge in [0.05, 0.1) is 36.4 Å². The number of carbonyl (C=O) groups excluding carboxylic acids is 1. The van der Waals surface area contributed by atoms with Gasteiger partial charge in [-0.05, 0) is 18.8 Å². The molecule has 0 radical (unpaired) electrons.